The van der Waals surface area contributed by atoms with Crippen LogP contribution in [0.15, 0.2) is 42.5 Å². The Morgan fingerprint density at radius 3 is 2.39 bits per heavy atom. The van der Waals surface area contributed by atoms with E-state index < -0.39 is 0 Å². The lowest BCUT2D eigenvalue weighted by Crippen LogP contribution is -2.13. The fourth-order valence-electron chi connectivity index (χ4n) is 2.69. The lowest BCUT2D eigenvalue weighted by atomic mass is 10.2. The van der Waals surface area contributed by atoms with Gasteiger partial charge in [-0.25, -0.2) is 0 Å². The van der Waals surface area contributed by atoms with E-state index >= 15 is 0 Å². The van der Waals surface area contributed by atoms with Gasteiger partial charge in [-0.15, -0.1) is 0 Å². The van der Waals surface area contributed by atoms with Gasteiger partial charge in [0, 0.05) is 10.7 Å². The molecule has 2 aromatic carbocycles. The van der Waals surface area contributed by atoms with Crippen LogP contribution in [-0.4, -0.2) is 12.0 Å². The van der Waals surface area contributed by atoms with Gasteiger partial charge < -0.3 is 10.1 Å². The summed E-state index contributed by atoms with van der Waals surface area (Å²) in [6.45, 7) is 0. The Morgan fingerprint density at radius 1 is 1.04 bits per heavy atom. The van der Waals surface area contributed by atoms with Gasteiger partial charge in [0.25, 0.3) is 5.91 Å². The van der Waals surface area contributed by atoms with Gasteiger partial charge in [0.2, 0.25) is 0 Å². The SMILES string of the molecule is O=C(Nc1ccc(OC2CCCC2)cc1)c1ccc(Cl)cc1Cl. The van der Waals surface area contributed by atoms with Gasteiger partial charge in [0.15, 0.2) is 0 Å². The second kappa shape index (κ2) is 7.24. The number of anilines is 1. The molecule has 2 aromatic rings. The van der Waals surface area contributed by atoms with Gasteiger partial charge in [0.1, 0.15) is 5.75 Å². The summed E-state index contributed by atoms with van der Waals surface area (Å²) < 4.78 is 5.90. The second-order valence-corrected chi connectivity index (χ2v) is 6.47. The van der Waals surface area contributed by atoms with Gasteiger partial charge in [-0.2, -0.15) is 0 Å². The minimum absolute atomic E-state index is 0.267. The van der Waals surface area contributed by atoms with Crippen LogP contribution in [0.3, 0.4) is 0 Å². The topological polar surface area (TPSA) is 38.3 Å². The van der Waals surface area contributed by atoms with Crippen LogP contribution in [0, 0.1) is 0 Å². The molecule has 1 amide bonds. The Labute approximate surface area is 145 Å². The van der Waals surface area contributed by atoms with Crippen molar-refractivity contribution < 1.29 is 9.53 Å². The number of rotatable bonds is 4. The van der Waals surface area contributed by atoms with Gasteiger partial charge in [0.05, 0.1) is 16.7 Å². The van der Waals surface area contributed by atoms with Gasteiger partial charge in [-0.1, -0.05) is 23.2 Å². The van der Waals surface area contributed by atoms with Crippen molar-refractivity contribution in [3.63, 3.8) is 0 Å². The first kappa shape index (κ1) is 16.2. The molecule has 1 aliphatic carbocycles. The first-order valence-corrected chi connectivity index (χ1v) is 8.40. The molecule has 0 bridgehead atoms. The molecule has 0 saturated heterocycles. The van der Waals surface area contributed by atoms with Crippen molar-refractivity contribution in [3.05, 3.63) is 58.1 Å². The van der Waals surface area contributed by atoms with Crippen LogP contribution >= 0.6 is 23.2 Å². The van der Waals surface area contributed by atoms with E-state index in [0.717, 1.165) is 18.6 Å². The highest BCUT2D eigenvalue weighted by Gasteiger charge is 2.16. The largest absolute Gasteiger partial charge is 0.490 e. The first-order valence-electron chi connectivity index (χ1n) is 7.65. The highest BCUT2D eigenvalue weighted by Crippen LogP contribution is 2.26. The van der Waals surface area contributed by atoms with E-state index in [2.05, 4.69) is 5.32 Å². The number of carbonyl (C=O) groups is 1. The normalized spacial score (nSPS) is 14.7. The molecule has 0 spiro atoms. The van der Waals surface area contributed by atoms with E-state index in [9.17, 15) is 4.79 Å². The van der Waals surface area contributed by atoms with E-state index in [1.807, 2.05) is 24.3 Å². The Hall–Kier alpha value is -1.71. The number of amides is 1. The van der Waals surface area contributed by atoms with Crippen LogP contribution < -0.4 is 10.1 Å². The number of ether oxygens (including phenoxy) is 1. The van der Waals surface area contributed by atoms with Crippen molar-refractivity contribution in [2.45, 2.75) is 31.8 Å². The van der Waals surface area contributed by atoms with Crippen LogP contribution in [0.5, 0.6) is 5.75 Å². The summed E-state index contributed by atoms with van der Waals surface area (Å²) in [6.07, 6.45) is 5.03. The number of hydrogen-bond acceptors (Lipinski definition) is 2. The third-order valence-corrected chi connectivity index (χ3v) is 4.44. The summed E-state index contributed by atoms with van der Waals surface area (Å²) in [6, 6.07) is 12.2. The summed E-state index contributed by atoms with van der Waals surface area (Å²) in [4.78, 5) is 12.2. The zero-order valence-electron chi connectivity index (χ0n) is 12.5. The minimum atomic E-state index is -0.267. The highest BCUT2D eigenvalue weighted by molar-refractivity contribution is 6.37. The average Bonchev–Trinajstić information content (AvgIpc) is 3.02. The van der Waals surface area contributed by atoms with Crippen molar-refractivity contribution >= 4 is 34.8 Å². The maximum Gasteiger partial charge on any atom is 0.257 e. The number of benzene rings is 2. The summed E-state index contributed by atoms with van der Waals surface area (Å²) in [5.74, 6) is 0.565. The zero-order valence-corrected chi connectivity index (χ0v) is 14.0. The van der Waals surface area contributed by atoms with Crippen LogP contribution in [0.25, 0.3) is 0 Å². The van der Waals surface area contributed by atoms with Crippen molar-refractivity contribution in [2.24, 2.45) is 0 Å². The molecule has 1 aliphatic rings. The van der Waals surface area contributed by atoms with E-state index in [0.29, 0.717) is 27.4 Å². The molecule has 0 aromatic heterocycles. The standard InChI is InChI=1S/C18H17Cl2NO2/c19-12-5-10-16(17(20)11-12)18(22)21-13-6-8-15(9-7-13)23-14-3-1-2-4-14/h5-11,14H,1-4H2,(H,21,22). The van der Waals surface area contributed by atoms with Crippen molar-refractivity contribution in [3.8, 4) is 5.75 Å². The van der Waals surface area contributed by atoms with Crippen LogP contribution in [0.1, 0.15) is 36.0 Å². The lowest BCUT2D eigenvalue weighted by Gasteiger charge is -2.13. The predicted molar refractivity (Wildman–Crippen MR) is 93.7 cm³/mol. The molecule has 3 rings (SSSR count). The Morgan fingerprint density at radius 2 is 1.74 bits per heavy atom. The third-order valence-electron chi connectivity index (χ3n) is 3.89. The Kier molecular flexibility index (Phi) is 5.09. The van der Waals surface area contributed by atoms with Crippen LogP contribution in [0.4, 0.5) is 5.69 Å². The highest BCUT2D eigenvalue weighted by atomic mass is 35.5. The minimum Gasteiger partial charge on any atom is -0.490 e. The number of halogens is 2. The first-order chi connectivity index (χ1) is 11.1. The molecule has 1 N–H and O–H groups in total. The maximum absolute atomic E-state index is 12.2. The molecule has 23 heavy (non-hydrogen) atoms. The van der Waals surface area contributed by atoms with Gasteiger partial charge in [-0.3, -0.25) is 4.79 Å². The van der Waals surface area contributed by atoms with E-state index in [1.165, 1.54) is 12.8 Å². The van der Waals surface area contributed by atoms with Crippen LogP contribution in [-0.2, 0) is 0 Å². The van der Waals surface area contributed by atoms with E-state index in [-0.39, 0.29) is 5.91 Å². The Bertz CT molecular complexity index is 695. The molecule has 0 heterocycles. The Balaban J connectivity index is 1.64. The fourth-order valence-corrected chi connectivity index (χ4v) is 3.18. The van der Waals surface area contributed by atoms with Crippen molar-refractivity contribution in [2.75, 3.05) is 5.32 Å². The number of hydrogen-bond donors (Lipinski definition) is 1. The van der Waals surface area contributed by atoms with Crippen molar-refractivity contribution in [1.82, 2.24) is 0 Å². The lowest BCUT2D eigenvalue weighted by molar-refractivity contribution is 0.102. The summed E-state index contributed by atoms with van der Waals surface area (Å²) in [5.41, 5.74) is 1.09. The molecule has 5 heteroatoms. The molecule has 120 valence electrons. The molecular formula is C18H17Cl2NO2. The molecule has 0 radical (unpaired) electrons. The summed E-state index contributed by atoms with van der Waals surface area (Å²) >= 11 is 11.9. The third kappa shape index (κ3) is 4.18. The second-order valence-electron chi connectivity index (χ2n) is 5.63. The van der Waals surface area contributed by atoms with Crippen molar-refractivity contribution in [1.29, 1.82) is 0 Å². The fraction of sp³-hybridized carbons (Fsp3) is 0.278. The number of nitrogens with one attached hydrogen (secondary N) is 1. The quantitative estimate of drug-likeness (QED) is 0.783. The average molecular weight is 350 g/mol. The predicted octanol–water partition coefficient (Wildman–Crippen LogP) is 5.57. The molecule has 0 unspecified atom stereocenters. The summed E-state index contributed by atoms with van der Waals surface area (Å²) in [7, 11) is 0. The molecule has 1 fully saturated rings. The molecule has 0 aliphatic heterocycles. The maximum atomic E-state index is 12.2. The summed E-state index contributed by atoms with van der Waals surface area (Å²) in [5, 5.41) is 3.65. The molecule has 0 atom stereocenters. The van der Waals surface area contributed by atoms with E-state index in [4.69, 9.17) is 27.9 Å². The van der Waals surface area contributed by atoms with E-state index in [1.54, 1.807) is 18.2 Å². The molecular weight excluding hydrogens is 333 g/mol. The van der Waals surface area contributed by atoms with Crippen LogP contribution in [0.2, 0.25) is 10.0 Å². The molecule has 1 saturated carbocycles. The molecule has 3 nitrogen and oxygen atoms in total. The monoisotopic (exact) mass is 349 g/mol. The zero-order chi connectivity index (χ0) is 16.2. The number of carbonyl (C=O) groups excluding carboxylic acids is 1. The smallest absolute Gasteiger partial charge is 0.257 e. The van der Waals surface area contributed by atoms with Gasteiger partial charge >= 0.3 is 0 Å². The van der Waals surface area contributed by atoms with Gasteiger partial charge in [-0.05, 0) is 68.1 Å².